The molecule has 7 nitrogen and oxygen atoms in total. The maximum atomic E-state index is 12.1. The van der Waals surface area contributed by atoms with Gasteiger partial charge >= 0.3 is 0 Å². The summed E-state index contributed by atoms with van der Waals surface area (Å²) in [6, 6.07) is 5.57. The molecule has 2 N–H and O–H groups in total. The molecule has 0 radical (unpaired) electrons. The topological polar surface area (TPSA) is 97.2 Å². The van der Waals surface area contributed by atoms with Crippen LogP contribution in [0.25, 0.3) is 10.8 Å². The summed E-state index contributed by atoms with van der Waals surface area (Å²) in [4.78, 5) is 25.4. The van der Waals surface area contributed by atoms with E-state index >= 15 is 0 Å². The van der Waals surface area contributed by atoms with Gasteiger partial charge in [0.25, 0.3) is 0 Å². The molecule has 168 valence electrons. The number of amides is 1. The fraction of sp³-hybridized carbons (Fsp3) is 0.385. The number of fused-ring (bicyclic) bond motifs is 1. The third kappa shape index (κ3) is 4.58. The Hall–Kier alpha value is -3.34. The lowest BCUT2D eigenvalue weighted by molar-refractivity contribution is -0.117. The van der Waals surface area contributed by atoms with Gasteiger partial charge in [-0.2, -0.15) is 0 Å². The third-order valence-corrected chi connectivity index (χ3v) is 6.34. The molecule has 0 spiro atoms. The van der Waals surface area contributed by atoms with Crippen molar-refractivity contribution < 1.29 is 14.6 Å². The number of anilines is 1. The van der Waals surface area contributed by atoms with E-state index < -0.39 is 5.60 Å². The number of nitrogens with zero attached hydrogens (tertiary/aromatic N) is 3. The molecule has 3 aromatic heterocycles. The number of nitrogens with one attached hydrogen (secondary N) is 1. The summed E-state index contributed by atoms with van der Waals surface area (Å²) in [6.07, 6.45) is 8.16. The molecule has 5 rings (SSSR count). The largest absolute Gasteiger partial charge is 0.385 e. The van der Waals surface area contributed by atoms with Crippen LogP contribution >= 0.6 is 0 Å². The monoisotopic (exact) mass is 442 g/mol. The quantitative estimate of drug-likeness (QED) is 0.603. The summed E-state index contributed by atoms with van der Waals surface area (Å²) in [5, 5.41) is 15.7. The Morgan fingerprint density at radius 1 is 1.15 bits per heavy atom. The van der Waals surface area contributed by atoms with Gasteiger partial charge in [0.1, 0.15) is 11.5 Å². The smallest absolute Gasteiger partial charge is 0.228 e. The van der Waals surface area contributed by atoms with Crippen molar-refractivity contribution in [1.29, 1.82) is 0 Å². The van der Waals surface area contributed by atoms with Crippen molar-refractivity contribution in [1.82, 2.24) is 15.0 Å². The standard InChI is InChI=1S/C26H26N4O3/c1-16-12-26(32,9-10-33-16)20-6-8-21(28-14-20)7-5-19-13-27-17(2)23-15-29-24(11-22(19)23)30-25(31)18-3-4-18/h6,8,11,13-16,18,32H,3-4,9-10,12H2,1-2H3,(H,29,30,31)/t16-,26-/m1/s1. The minimum atomic E-state index is -0.915. The summed E-state index contributed by atoms with van der Waals surface area (Å²) in [7, 11) is 0. The molecule has 1 saturated carbocycles. The Kier molecular flexibility index (Phi) is 5.57. The SMILES string of the molecule is Cc1ncc(C#Cc2ccc([C@@]3(O)CCO[C@H](C)C3)cn2)c2cc(NC(=O)C3CC3)ncc12. The number of rotatable bonds is 3. The van der Waals surface area contributed by atoms with Gasteiger partial charge in [0, 0.05) is 59.4 Å². The van der Waals surface area contributed by atoms with E-state index in [-0.39, 0.29) is 17.9 Å². The average molecular weight is 443 g/mol. The minimum Gasteiger partial charge on any atom is -0.385 e. The number of carbonyl (C=O) groups excluding carboxylic acids is 1. The van der Waals surface area contributed by atoms with Gasteiger partial charge in [-0.15, -0.1) is 0 Å². The fourth-order valence-electron chi connectivity index (χ4n) is 4.21. The van der Waals surface area contributed by atoms with Gasteiger partial charge in [0.05, 0.1) is 23.9 Å². The zero-order chi connectivity index (χ0) is 23.0. The second kappa shape index (κ2) is 8.54. The maximum absolute atomic E-state index is 12.1. The molecule has 1 aliphatic heterocycles. The molecule has 0 aromatic carbocycles. The Morgan fingerprint density at radius 3 is 2.73 bits per heavy atom. The number of aliphatic hydroxyl groups is 1. The lowest BCUT2D eigenvalue weighted by Gasteiger charge is -2.35. The molecule has 1 saturated heterocycles. The van der Waals surface area contributed by atoms with Crippen LogP contribution in [0.1, 0.15) is 55.1 Å². The maximum Gasteiger partial charge on any atom is 0.228 e. The lowest BCUT2D eigenvalue weighted by Crippen LogP contribution is -2.37. The number of hydrogen-bond acceptors (Lipinski definition) is 6. The van der Waals surface area contributed by atoms with Crippen LogP contribution in [-0.4, -0.2) is 38.7 Å². The van der Waals surface area contributed by atoms with Crippen molar-refractivity contribution >= 4 is 22.5 Å². The van der Waals surface area contributed by atoms with E-state index in [4.69, 9.17) is 4.74 Å². The van der Waals surface area contributed by atoms with Crippen LogP contribution in [0.2, 0.25) is 0 Å². The van der Waals surface area contributed by atoms with Gasteiger partial charge in [-0.3, -0.25) is 9.78 Å². The van der Waals surface area contributed by atoms with Crippen molar-refractivity contribution in [2.24, 2.45) is 5.92 Å². The Bertz CT molecular complexity index is 1270. The first-order chi connectivity index (χ1) is 15.9. The van der Waals surface area contributed by atoms with Crippen molar-refractivity contribution in [3.8, 4) is 11.8 Å². The van der Waals surface area contributed by atoms with Crippen LogP contribution < -0.4 is 5.32 Å². The molecule has 4 heterocycles. The molecule has 1 amide bonds. The van der Waals surface area contributed by atoms with Crippen LogP contribution in [0.4, 0.5) is 5.82 Å². The number of ether oxygens (including phenoxy) is 1. The Morgan fingerprint density at radius 2 is 2.00 bits per heavy atom. The van der Waals surface area contributed by atoms with Gasteiger partial charge in [-0.1, -0.05) is 12.0 Å². The molecule has 7 heteroatoms. The second-order valence-electron chi connectivity index (χ2n) is 8.99. The predicted molar refractivity (Wildman–Crippen MR) is 124 cm³/mol. The first-order valence-corrected chi connectivity index (χ1v) is 11.3. The molecular weight excluding hydrogens is 416 g/mol. The van der Waals surface area contributed by atoms with Gasteiger partial charge < -0.3 is 15.2 Å². The third-order valence-electron chi connectivity index (χ3n) is 6.34. The van der Waals surface area contributed by atoms with Gasteiger partial charge in [0.15, 0.2) is 0 Å². The molecule has 1 aliphatic carbocycles. The number of carbonyl (C=O) groups is 1. The van der Waals surface area contributed by atoms with E-state index in [1.165, 1.54) is 0 Å². The molecule has 3 aromatic rings. The van der Waals surface area contributed by atoms with Crippen LogP contribution in [-0.2, 0) is 15.1 Å². The van der Waals surface area contributed by atoms with E-state index in [0.29, 0.717) is 31.0 Å². The molecule has 2 aliphatic rings. The van der Waals surface area contributed by atoms with E-state index in [1.807, 2.05) is 32.0 Å². The number of pyridine rings is 3. The van der Waals surface area contributed by atoms with Crippen molar-refractivity contribution in [2.45, 2.75) is 51.2 Å². The highest BCUT2D eigenvalue weighted by Crippen LogP contribution is 2.34. The van der Waals surface area contributed by atoms with E-state index in [1.54, 1.807) is 18.6 Å². The first-order valence-electron chi connectivity index (χ1n) is 11.3. The average Bonchev–Trinajstić information content (AvgIpc) is 3.65. The Labute approximate surface area is 192 Å². The Balaban J connectivity index is 1.41. The highest BCUT2D eigenvalue weighted by Gasteiger charge is 2.35. The minimum absolute atomic E-state index is 0.0129. The summed E-state index contributed by atoms with van der Waals surface area (Å²) in [5.41, 5.74) is 2.06. The van der Waals surface area contributed by atoms with Crippen molar-refractivity contribution in [2.75, 3.05) is 11.9 Å². The highest BCUT2D eigenvalue weighted by molar-refractivity contribution is 5.96. The van der Waals surface area contributed by atoms with Crippen LogP contribution in [0.15, 0.2) is 36.8 Å². The summed E-state index contributed by atoms with van der Waals surface area (Å²) in [5.74, 6) is 6.91. The van der Waals surface area contributed by atoms with Gasteiger partial charge in [-0.05, 0) is 44.7 Å². The molecular formula is C26H26N4O3. The highest BCUT2D eigenvalue weighted by atomic mass is 16.5. The van der Waals surface area contributed by atoms with Crippen LogP contribution in [0.5, 0.6) is 0 Å². The molecule has 2 fully saturated rings. The van der Waals surface area contributed by atoms with Crippen LogP contribution in [0.3, 0.4) is 0 Å². The lowest BCUT2D eigenvalue weighted by atomic mass is 9.85. The number of aryl methyl sites for hydroxylation is 1. The van der Waals surface area contributed by atoms with Gasteiger partial charge in [-0.25, -0.2) is 9.97 Å². The fourth-order valence-corrected chi connectivity index (χ4v) is 4.21. The van der Waals surface area contributed by atoms with Crippen LogP contribution in [0, 0.1) is 24.7 Å². The molecule has 2 atom stereocenters. The zero-order valence-electron chi connectivity index (χ0n) is 18.8. The van der Waals surface area contributed by atoms with Gasteiger partial charge in [0.2, 0.25) is 5.91 Å². The predicted octanol–water partition coefficient (Wildman–Crippen LogP) is 3.47. The second-order valence-corrected chi connectivity index (χ2v) is 8.99. The van der Waals surface area contributed by atoms with Crippen molar-refractivity contribution in [3.05, 3.63) is 59.3 Å². The normalized spacial score (nSPS) is 22.5. The van der Waals surface area contributed by atoms with E-state index in [2.05, 4.69) is 32.1 Å². The number of aromatic nitrogens is 3. The summed E-state index contributed by atoms with van der Waals surface area (Å²) < 4.78 is 5.56. The molecule has 33 heavy (non-hydrogen) atoms. The summed E-state index contributed by atoms with van der Waals surface area (Å²) >= 11 is 0. The molecule has 0 unspecified atom stereocenters. The molecule has 0 bridgehead atoms. The van der Waals surface area contributed by atoms with E-state index in [9.17, 15) is 9.90 Å². The zero-order valence-corrected chi connectivity index (χ0v) is 18.8. The van der Waals surface area contributed by atoms with Crippen molar-refractivity contribution in [3.63, 3.8) is 0 Å². The first kappa shape index (κ1) is 21.5. The summed E-state index contributed by atoms with van der Waals surface area (Å²) in [6.45, 7) is 4.42. The van der Waals surface area contributed by atoms with E-state index in [0.717, 1.165) is 40.4 Å². The number of hydrogen-bond donors (Lipinski definition) is 2.